The lowest BCUT2D eigenvalue weighted by Gasteiger charge is -2.16. The van der Waals surface area contributed by atoms with Crippen LogP contribution in [0, 0.1) is 0 Å². The molecule has 4 aromatic rings. The maximum Gasteiger partial charge on any atom is 0.247 e. The van der Waals surface area contributed by atoms with Crippen LogP contribution in [-0.4, -0.2) is 39.3 Å². The second kappa shape index (κ2) is 8.75. The van der Waals surface area contributed by atoms with Crippen LogP contribution in [0.25, 0.3) is 22.7 Å². The Kier molecular flexibility index (Phi) is 5.72. The summed E-state index contributed by atoms with van der Waals surface area (Å²) in [5.74, 6) is 1.78. The molecule has 4 rings (SSSR count). The number of pyridine rings is 1. The van der Waals surface area contributed by atoms with Crippen LogP contribution in [0.2, 0.25) is 0 Å². The van der Waals surface area contributed by atoms with Gasteiger partial charge in [-0.1, -0.05) is 24.3 Å². The number of aromatic hydroxyl groups is 1. The lowest BCUT2D eigenvalue weighted by atomic mass is 10.1. The zero-order valence-electron chi connectivity index (χ0n) is 16.8. The number of benzene rings is 2. The number of aromatic nitrogens is 3. The van der Waals surface area contributed by atoms with Gasteiger partial charge in [-0.25, -0.2) is 4.98 Å². The van der Waals surface area contributed by atoms with Crippen molar-refractivity contribution >= 4 is 0 Å². The fourth-order valence-corrected chi connectivity index (χ4v) is 3.15. The van der Waals surface area contributed by atoms with E-state index in [0.717, 1.165) is 22.4 Å². The lowest BCUT2D eigenvalue weighted by Crippen LogP contribution is -2.17. The minimum absolute atomic E-state index is 0.226. The van der Waals surface area contributed by atoms with Gasteiger partial charge < -0.3 is 14.3 Å². The summed E-state index contributed by atoms with van der Waals surface area (Å²) >= 11 is 0. The summed E-state index contributed by atoms with van der Waals surface area (Å²) in [6.45, 7) is 0.966. The Morgan fingerprint density at radius 2 is 1.77 bits per heavy atom. The number of hydrogen-bond donors (Lipinski definition) is 1. The average molecular weight is 402 g/mol. The lowest BCUT2D eigenvalue weighted by molar-refractivity contribution is 0.279. The molecular weight excluding hydrogens is 380 g/mol. The van der Waals surface area contributed by atoms with E-state index in [1.165, 1.54) is 0 Å². The smallest absolute Gasteiger partial charge is 0.247 e. The molecule has 0 aliphatic rings. The highest BCUT2D eigenvalue weighted by molar-refractivity contribution is 5.62. The average Bonchev–Trinajstić information content (AvgIpc) is 3.24. The van der Waals surface area contributed by atoms with Crippen LogP contribution in [0.1, 0.15) is 11.5 Å². The Morgan fingerprint density at radius 1 is 0.933 bits per heavy atom. The first-order valence-corrected chi connectivity index (χ1v) is 9.52. The van der Waals surface area contributed by atoms with Crippen LogP contribution in [0.15, 0.2) is 71.1 Å². The monoisotopic (exact) mass is 402 g/mol. The molecular formula is C23H22N4O3. The molecule has 0 amide bonds. The Hall–Kier alpha value is -3.71. The zero-order valence-corrected chi connectivity index (χ0v) is 16.8. The molecule has 0 unspecified atom stereocenters. The predicted octanol–water partition coefficient (Wildman–Crippen LogP) is 4.14. The van der Waals surface area contributed by atoms with Gasteiger partial charge in [-0.15, -0.1) is 10.2 Å². The van der Waals surface area contributed by atoms with E-state index in [0.29, 0.717) is 30.8 Å². The first kappa shape index (κ1) is 19.6. The van der Waals surface area contributed by atoms with E-state index in [2.05, 4.69) is 15.2 Å². The maximum atomic E-state index is 10.3. The highest BCUT2D eigenvalue weighted by Gasteiger charge is 2.13. The Balaban J connectivity index is 1.48. The molecule has 0 aliphatic carbocycles. The molecule has 0 atom stereocenters. The number of phenolic OH excluding ortho intramolecular Hbond substituents is 1. The van der Waals surface area contributed by atoms with Gasteiger partial charge in [0.05, 0.1) is 19.3 Å². The normalized spacial score (nSPS) is 11.0. The van der Waals surface area contributed by atoms with Crippen molar-refractivity contribution in [3.05, 3.63) is 78.2 Å². The fourth-order valence-electron chi connectivity index (χ4n) is 3.15. The van der Waals surface area contributed by atoms with E-state index in [1.807, 2.05) is 66.5 Å². The van der Waals surface area contributed by atoms with E-state index >= 15 is 0 Å². The van der Waals surface area contributed by atoms with Crippen molar-refractivity contribution in [1.82, 2.24) is 20.1 Å². The number of ether oxygens (including phenoxy) is 1. The number of hydrogen-bond acceptors (Lipinski definition) is 7. The molecule has 30 heavy (non-hydrogen) atoms. The SMILES string of the molecule is COc1cccc(-c2ccc(O)c(CN(C)Cc3nnc(-c4ccccc4)o3)c2)n1. The number of rotatable bonds is 7. The Labute approximate surface area is 174 Å². The Morgan fingerprint density at radius 3 is 2.57 bits per heavy atom. The first-order chi connectivity index (χ1) is 14.6. The van der Waals surface area contributed by atoms with Crippen LogP contribution in [0.4, 0.5) is 0 Å². The highest BCUT2D eigenvalue weighted by Crippen LogP contribution is 2.27. The number of methoxy groups -OCH3 is 1. The molecule has 1 N–H and O–H groups in total. The van der Waals surface area contributed by atoms with Gasteiger partial charge in [-0.2, -0.15) is 0 Å². The van der Waals surface area contributed by atoms with Crippen molar-refractivity contribution in [3.8, 4) is 34.3 Å². The summed E-state index contributed by atoms with van der Waals surface area (Å²) < 4.78 is 11.0. The van der Waals surface area contributed by atoms with Crippen molar-refractivity contribution in [2.75, 3.05) is 14.2 Å². The molecule has 0 spiro atoms. The van der Waals surface area contributed by atoms with Crippen LogP contribution >= 0.6 is 0 Å². The van der Waals surface area contributed by atoms with E-state index < -0.39 is 0 Å². The van der Waals surface area contributed by atoms with Crippen LogP contribution in [0.5, 0.6) is 11.6 Å². The van der Waals surface area contributed by atoms with Gasteiger partial charge in [-0.3, -0.25) is 4.90 Å². The predicted molar refractivity (Wildman–Crippen MR) is 113 cm³/mol. The second-order valence-electron chi connectivity index (χ2n) is 6.95. The molecule has 0 saturated carbocycles. The summed E-state index contributed by atoms with van der Waals surface area (Å²) in [5, 5.41) is 18.6. The van der Waals surface area contributed by atoms with E-state index in [4.69, 9.17) is 9.15 Å². The van der Waals surface area contributed by atoms with Gasteiger partial charge in [0.2, 0.25) is 17.7 Å². The molecule has 2 heterocycles. The van der Waals surface area contributed by atoms with E-state index in [-0.39, 0.29) is 5.75 Å². The summed E-state index contributed by atoms with van der Waals surface area (Å²) in [6.07, 6.45) is 0. The zero-order chi connectivity index (χ0) is 20.9. The van der Waals surface area contributed by atoms with E-state index in [1.54, 1.807) is 19.2 Å². The molecule has 2 aromatic carbocycles. The van der Waals surface area contributed by atoms with Crippen molar-refractivity contribution < 1.29 is 14.3 Å². The third-order valence-electron chi connectivity index (χ3n) is 4.64. The van der Waals surface area contributed by atoms with E-state index in [9.17, 15) is 5.11 Å². The minimum atomic E-state index is 0.226. The Bertz CT molecular complexity index is 1130. The van der Waals surface area contributed by atoms with Crippen molar-refractivity contribution in [2.24, 2.45) is 0 Å². The van der Waals surface area contributed by atoms with Crippen LogP contribution in [0.3, 0.4) is 0 Å². The van der Waals surface area contributed by atoms with Gasteiger partial charge in [0, 0.05) is 29.3 Å². The molecule has 7 heteroatoms. The van der Waals surface area contributed by atoms with Crippen molar-refractivity contribution in [1.29, 1.82) is 0 Å². The number of phenols is 1. The molecule has 152 valence electrons. The molecule has 2 aromatic heterocycles. The molecule has 0 radical (unpaired) electrons. The van der Waals surface area contributed by atoms with Gasteiger partial charge in [0.25, 0.3) is 0 Å². The summed E-state index contributed by atoms with van der Waals surface area (Å²) in [5.41, 5.74) is 3.35. The van der Waals surface area contributed by atoms with Gasteiger partial charge in [0.15, 0.2) is 0 Å². The topological polar surface area (TPSA) is 84.5 Å². The summed E-state index contributed by atoms with van der Waals surface area (Å²) in [6, 6.07) is 20.7. The quantitative estimate of drug-likeness (QED) is 0.497. The van der Waals surface area contributed by atoms with Crippen LogP contribution in [-0.2, 0) is 13.1 Å². The highest BCUT2D eigenvalue weighted by atomic mass is 16.5. The third kappa shape index (κ3) is 4.47. The molecule has 0 saturated heterocycles. The maximum absolute atomic E-state index is 10.3. The third-order valence-corrected chi connectivity index (χ3v) is 4.64. The fraction of sp³-hybridized carbons (Fsp3) is 0.174. The van der Waals surface area contributed by atoms with Crippen molar-refractivity contribution in [2.45, 2.75) is 13.1 Å². The van der Waals surface area contributed by atoms with Gasteiger partial charge in [0.1, 0.15) is 5.75 Å². The molecule has 0 bridgehead atoms. The molecule has 7 nitrogen and oxygen atoms in total. The molecule has 0 aliphatic heterocycles. The van der Waals surface area contributed by atoms with Crippen LogP contribution < -0.4 is 4.74 Å². The first-order valence-electron chi connectivity index (χ1n) is 9.52. The summed E-state index contributed by atoms with van der Waals surface area (Å²) in [7, 11) is 3.52. The van der Waals surface area contributed by atoms with Crippen molar-refractivity contribution in [3.63, 3.8) is 0 Å². The minimum Gasteiger partial charge on any atom is -0.508 e. The number of nitrogens with zero attached hydrogens (tertiary/aromatic N) is 4. The van der Waals surface area contributed by atoms with Gasteiger partial charge >= 0.3 is 0 Å². The largest absolute Gasteiger partial charge is 0.508 e. The summed E-state index contributed by atoms with van der Waals surface area (Å²) in [4.78, 5) is 6.46. The van der Waals surface area contributed by atoms with Gasteiger partial charge in [-0.05, 0) is 43.4 Å². The second-order valence-corrected chi connectivity index (χ2v) is 6.95. The standard InChI is InChI=1S/C23H22N4O3/c1-27(15-22-25-26-23(30-22)16-7-4-3-5-8-16)14-18-13-17(11-12-20(18)28)19-9-6-10-21(24-19)29-2/h3-13,28H,14-15H2,1-2H3. The molecule has 0 fully saturated rings.